The number of anilines is 1. The number of likely N-dealkylation sites (N-methyl/N-ethyl adjacent to an activating group) is 1. The van der Waals surface area contributed by atoms with E-state index in [-0.39, 0.29) is 11.9 Å². The molecule has 0 spiro atoms. The lowest BCUT2D eigenvalue weighted by molar-refractivity contribution is 0.0785. The van der Waals surface area contributed by atoms with Crippen molar-refractivity contribution in [2.45, 2.75) is 25.4 Å². The molecule has 0 N–H and O–H groups in total. The van der Waals surface area contributed by atoms with Crippen molar-refractivity contribution in [1.82, 2.24) is 20.0 Å². The Bertz CT molecular complexity index is 734. The van der Waals surface area contributed by atoms with E-state index in [9.17, 15) is 4.79 Å². The molecule has 2 heterocycles. The molecule has 3 rings (SSSR count). The second-order valence-corrected chi connectivity index (χ2v) is 7.15. The van der Waals surface area contributed by atoms with Crippen LogP contribution >= 0.6 is 0 Å². The fourth-order valence-electron chi connectivity index (χ4n) is 3.59. The SMILES string of the molecule is CN(C)Cc1ccccc1C(=O)N(C)CC1CCCN1c1cccnn1. The van der Waals surface area contributed by atoms with E-state index in [1.54, 1.807) is 6.20 Å². The van der Waals surface area contributed by atoms with E-state index in [1.807, 2.05) is 62.4 Å². The maximum absolute atomic E-state index is 13.0. The molecule has 6 heteroatoms. The fourth-order valence-corrected chi connectivity index (χ4v) is 3.59. The first kappa shape index (κ1) is 18.3. The van der Waals surface area contributed by atoms with Gasteiger partial charge < -0.3 is 14.7 Å². The molecular formula is C20H27N5O. The van der Waals surface area contributed by atoms with Gasteiger partial charge in [-0.1, -0.05) is 18.2 Å². The van der Waals surface area contributed by atoms with Gasteiger partial charge in [0, 0.05) is 44.5 Å². The molecule has 1 aromatic carbocycles. The van der Waals surface area contributed by atoms with E-state index in [0.29, 0.717) is 6.54 Å². The van der Waals surface area contributed by atoms with Gasteiger partial charge in [0.15, 0.2) is 5.82 Å². The van der Waals surface area contributed by atoms with Gasteiger partial charge in [-0.2, -0.15) is 5.10 Å². The van der Waals surface area contributed by atoms with Crippen LogP contribution in [0, 0.1) is 0 Å². The van der Waals surface area contributed by atoms with Crippen molar-refractivity contribution in [2.24, 2.45) is 0 Å². The highest BCUT2D eigenvalue weighted by Crippen LogP contribution is 2.24. The minimum atomic E-state index is 0.0773. The van der Waals surface area contributed by atoms with Crippen LogP contribution < -0.4 is 4.90 Å². The minimum absolute atomic E-state index is 0.0773. The average molecular weight is 353 g/mol. The van der Waals surface area contributed by atoms with Crippen LogP contribution in [0.25, 0.3) is 0 Å². The maximum Gasteiger partial charge on any atom is 0.253 e. The summed E-state index contributed by atoms with van der Waals surface area (Å²) >= 11 is 0. The summed E-state index contributed by atoms with van der Waals surface area (Å²) in [4.78, 5) is 19.2. The second-order valence-electron chi connectivity index (χ2n) is 7.15. The zero-order valence-corrected chi connectivity index (χ0v) is 15.8. The van der Waals surface area contributed by atoms with E-state index >= 15 is 0 Å². The predicted octanol–water partition coefficient (Wildman–Crippen LogP) is 2.28. The van der Waals surface area contributed by atoms with Gasteiger partial charge in [-0.3, -0.25) is 4.79 Å². The molecular weight excluding hydrogens is 326 g/mol. The third-order valence-electron chi connectivity index (χ3n) is 4.80. The highest BCUT2D eigenvalue weighted by molar-refractivity contribution is 5.95. The Morgan fingerprint density at radius 1 is 1.19 bits per heavy atom. The number of hydrogen-bond acceptors (Lipinski definition) is 5. The third-order valence-corrected chi connectivity index (χ3v) is 4.80. The molecule has 138 valence electrons. The molecule has 0 aliphatic carbocycles. The van der Waals surface area contributed by atoms with Crippen LogP contribution in [0.4, 0.5) is 5.82 Å². The first-order chi connectivity index (χ1) is 12.6. The number of aromatic nitrogens is 2. The van der Waals surface area contributed by atoms with Gasteiger partial charge in [-0.25, -0.2) is 0 Å². The molecule has 1 saturated heterocycles. The van der Waals surface area contributed by atoms with Crippen LogP contribution in [0.5, 0.6) is 0 Å². The Kier molecular flexibility index (Phi) is 5.83. The zero-order chi connectivity index (χ0) is 18.5. The molecule has 1 aliphatic rings. The normalized spacial score (nSPS) is 16.9. The summed E-state index contributed by atoms with van der Waals surface area (Å²) in [5.41, 5.74) is 1.85. The van der Waals surface area contributed by atoms with Gasteiger partial charge in [-0.05, 0) is 50.7 Å². The number of benzene rings is 1. The quantitative estimate of drug-likeness (QED) is 0.797. The van der Waals surface area contributed by atoms with Gasteiger partial charge in [-0.15, -0.1) is 5.10 Å². The van der Waals surface area contributed by atoms with Crippen LogP contribution in [-0.4, -0.2) is 66.2 Å². The van der Waals surface area contributed by atoms with E-state index in [1.165, 1.54) is 0 Å². The molecule has 26 heavy (non-hydrogen) atoms. The second kappa shape index (κ2) is 8.27. The summed E-state index contributed by atoms with van der Waals surface area (Å²) in [5, 5.41) is 8.22. The molecule has 0 radical (unpaired) electrons. The third kappa shape index (κ3) is 4.19. The topological polar surface area (TPSA) is 52.6 Å². The van der Waals surface area contributed by atoms with E-state index < -0.39 is 0 Å². The highest BCUT2D eigenvalue weighted by Gasteiger charge is 2.28. The van der Waals surface area contributed by atoms with Crippen LogP contribution in [-0.2, 0) is 6.54 Å². The van der Waals surface area contributed by atoms with Crippen molar-refractivity contribution in [3.05, 3.63) is 53.7 Å². The number of nitrogens with zero attached hydrogens (tertiary/aromatic N) is 5. The van der Waals surface area contributed by atoms with Gasteiger partial charge in [0.05, 0.1) is 0 Å². The van der Waals surface area contributed by atoms with Crippen LogP contribution in [0.3, 0.4) is 0 Å². The van der Waals surface area contributed by atoms with Gasteiger partial charge in [0.1, 0.15) is 0 Å². The van der Waals surface area contributed by atoms with Crippen molar-refractivity contribution in [3.63, 3.8) is 0 Å². The van der Waals surface area contributed by atoms with Crippen LogP contribution in [0.1, 0.15) is 28.8 Å². The summed E-state index contributed by atoms with van der Waals surface area (Å²) in [7, 11) is 5.92. The fraction of sp³-hybridized carbons (Fsp3) is 0.450. The Morgan fingerprint density at radius 3 is 2.73 bits per heavy atom. The molecule has 1 aromatic heterocycles. The molecule has 1 unspecified atom stereocenters. The Balaban J connectivity index is 1.72. The number of carbonyl (C=O) groups excluding carboxylic acids is 1. The number of hydrogen-bond donors (Lipinski definition) is 0. The van der Waals surface area contributed by atoms with Crippen LogP contribution in [0.15, 0.2) is 42.6 Å². The lowest BCUT2D eigenvalue weighted by atomic mass is 10.1. The molecule has 1 fully saturated rings. The Labute approximate surface area is 155 Å². The lowest BCUT2D eigenvalue weighted by Crippen LogP contribution is -2.42. The van der Waals surface area contributed by atoms with Gasteiger partial charge in [0.2, 0.25) is 0 Å². The number of rotatable bonds is 6. The molecule has 0 bridgehead atoms. The average Bonchev–Trinajstić information content (AvgIpc) is 3.10. The first-order valence-corrected chi connectivity index (χ1v) is 9.08. The zero-order valence-electron chi connectivity index (χ0n) is 15.8. The smallest absolute Gasteiger partial charge is 0.253 e. The Morgan fingerprint density at radius 2 is 2.00 bits per heavy atom. The maximum atomic E-state index is 13.0. The number of amides is 1. The monoisotopic (exact) mass is 353 g/mol. The summed E-state index contributed by atoms with van der Waals surface area (Å²) < 4.78 is 0. The van der Waals surface area contributed by atoms with Gasteiger partial charge >= 0.3 is 0 Å². The molecule has 2 aromatic rings. The highest BCUT2D eigenvalue weighted by atomic mass is 16.2. The van der Waals surface area contributed by atoms with E-state index in [2.05, 4.69) is 20.0 Å². The summed E-state index contributed by atoms with van der Waals surface area (Å²) in [5.74, 6) is 0.970. The van der Waals surface area contributed by atoms with Gasteiger partial charge in [0.25, 0.3) is 5.91 Å². The van der Waals surface area contributed by atoms with Crippen molar-refractivity contribution in [2.75, 3.05) is 39.1 Å². The summed E-state index contributed by atoms with van der Waals surface area (Å²) in [6.07, 6.45) is 3.86. The lowest BCUT2D eigenvalue weighted by Gasteiger charge is -2.29. The van der Waals surface area contributed by atoms with Crippen molar-refractivity contribution >= 4 is 11.7 Å². The van der Waals surface area contributed by atoms with E-state index in [0.717, 1.165) is 42.9 Å². The Hall–Kier alpha value is -2.47. The van der Waals surface area contributed by atoms with Crippen molar-refractivity contribution < 1.29 is 4.79 Å². The summed E-state index contributed by atoms with van der Waals surface area (Å²) in [6.45, 7) is 2.40. The van der Waals surface area contributed by atoms with Crippen molar-refractivity contribution in [3.8, 4) is 0 Å². The van der Waals surface area contributed by atoms with Crippen molar-refractivity contribution in [1.29, 1.82) is 0 Å². The minimum Gasteiger partial charge on any atom is -0.350 e. The first-order valence-electron chi connectivity index (χ1n) is 9.08. The summed E-state index contributed by atoms with van der Waals surface area (Å²) in [6, 6.07) is 12.0. The largest absolute Gasteiger partial charge is 0.350 e. The molecule has 1 amide bonds. The molecule has 1 atom stereocenters. The molecule has 1 aliphatic heterocycles. The van der Waals surface area contributed by atoms with E-state index in [4.69, 9.17) is 0 Å². The molecule has 0 saturated carbocycles. The standard InChI is InChI=1S/C20H27N5O/c1-23(2)14-16-8-4-5-10-18(16)20(26)24(3)15-17-9-7-13-25(17)19-11-6-12-21-22-19/h4-6,8,10-12,17H,7,9,13-15H2,1-3H3. The molecule has 6 nitrogen and oxygen atoms in total. The number of carbonyl (C=O) groups is 1. The van der Waals surface area contributed by atoms with Crippen LogP contribution in [0.2, 0.25) is 0 Å². The predicted molar refractivity (Wildman–Crippen MR) is 103 cm³/mol.